The zero-order valence-electron chi connectivity index (χ0n) is 8.32. The first kappa shape index (κ1) is 9.98. The van der Waals surface area contributed by atoms with Crippen molar-refractivity contribution in [1.82, 2.24) is 14.8 Å². The van der Waals surface area contributed by atoms with Crippen molar-refractivity contribution < 1.29 is 4.74 Å². The van der Waals surface area contributed by atoms with Crippen LogP contribution in [0, 0.1) is 0 Å². The Morgan fingerprint density at radius 1 is 1.46 bits per heavy atom. The van der Waals surface area contributed by atoms with E-state index in [0.29, 0.717) is 12.6 Å². The third kappa shape index (κ3) is 1.98. The van der Waals surface area contributed by atoms with E-state index < -0.39 is 0 Å². The molecule has 5 heteroatoms. The Kier molecular flexibility index (Phi) is 3.25. The van der Waals surface area contributed by atoms with Crippen LogP contribution in [0.2, 0.25) is 0 Å². The van der Waals surface area contributed by atoms with Gasteiger partial charge in [0.15, 0.2) is 5.82 Å². The lowest BCUT2D eigenvalue weighted by Gasteiger charge is -2.08. The minimum absolute atomic E-state index is 0.110. The van der Waals surface area contributed by atoms with Crippen LogP contribution in [-0.2, 0) is 6.54 Å². The molecule has 0 unspecified atom stereocenters. The fourth-order valence-corrected chi connectivity index (χ4v) is 1.17. The number of nitrogens with zero attached hydrogens (tertiary/aromatic N) is 3. The summed E-state index contributed by atoms with van der Waals surface area (Å²) in [7, 11) is 0. The summed E-state index contributed by atoms with van der Waals surface area (Å²) in [5, 5.41) is 7.88. The lowest BCUT2D eigenvalue weighted by Crippen LogP contribution is -2.13. The lowest BCUT2D eigenvalue weighted by atomic mass is 10.3. The second kappa shape index (κ2) is 4.23. The van der Waals surface area contributed by atoms with Gasteiger partial charge in [-0.3, -0.25) is 4.57 Å². The Balaban J connectivity index is 2.96. The maximum atomic E-state index is 5.72. The largest absolute Gasteiger partial charge is 0.464 e. The van der Waals surface area contributed by atoms with Crippen LogP contribution in [0.25, 0.3) is 0 Å². The predicted molar refractivity (Wildman–Crippen MR) is 49.5 cm³/mol. The quantitative estimate of drug-likeness (QED) is 0.748. The van der Waals surface area contributed by atoms with Crippen LogP contribution in [0.15, 0.2) is 0 Å². The lowest BCUT2D eigenvalue weighted by molar-refractivity contribution is 0.295. The van der Waals surface area contributed by atoms with Crippen molar-refractivity contribution in [2.45, 2.75) is 33.4 Å². The van der Waals surface area contributed by atoms with Gasteiger partial charge in [-0.25, -0.2) is 0 Å². The topological polar surface area (TPSA) is 66.0 Å². The zero-order valence-corrected chi connectivity index (χ0v) is 8.32. The van der Waals surface area contributed by atoms with E-state index in [1.54, 1.807) is 0 Å². The monoisotopic (exact) mass is 184 g/mol. The summed E-state index contributed by atoms with van der Waals surface area (Å²) in [5.41, 5.74) is 5.72. The molecule has 0 aliphatic heterocycles. The average Bonchev–Trinajstić information content (AvgIpc) is 2.48. The molecule has 13 heavy (non-hydrogen) atoms. The number of nitrogens with two attached hydrogens (primary N) is 1. The third-order valence-electron chi connectivity index (χ3n) is 1.74. The van der Waals surface area contributed by atoms with Crippen molar-refractivity contribution in [2.75, 3.05) is 6.61 Å². The highest BCUT2D eigenvalue weighted by molar-refractivity contribution is 5.03. The van der Waals surface area contributed by atoms with Gasteiger partial charge in [-0.2, -0.15) is 0 Å². The fourth-order valence-electron chi connectivity index (χ4n) is 1.17. The summed E-state index contributed by atoms with van der Waals surface area (Å²) in [5.74, 6) is 0.769. The van der Waals surface area contributed by atoms with E-state index in [0.717, 1.165) is 12.4 Å². The predicted octanol–water partition coefficient (Wildman–Crippen LogP) is 0.716. The molecule has 0 amide bonds. The number of ether oxygens (including phenoxy) is 1. The highest BCUT2D eigenvalue weighted by Crippen LogP contribution is 2.14. The Morgan fingerprint density at radius 2 is 2.15 bits per heavy atom. The number of rotatable bonds is 4. The van der Waals surface area contributed by atoms with E-state index >= 15 is 0 Å². The molecule has 1 rings (SSSR count). The molecule has 1 heterocycles. The summed E-state index contributed by atoms with van der Waals surface area (Å²) < 4.78 is 7.18. The zero-order chi connectivity index (χ0) is 9.84. The van der Waals surface area contributed by atoms with Crippen LogP contribution in [0.4, 0.5) is 0 Å². The first-order valence-corrected chi connectivity index (χ1v) is 4.52. The first-order valence-electron chi connectivity index (χ1n) is 4.52. The van der Waals surface area contributed by atoms with Crippen LogP contribution in [-0.4, -0.2) is 21.4 Å². The molecule has 0 fully saturated rings. The minimum Gasteiger partial charge on any atom is -0.464 e. The van der Waals surface area contributed by atoms with Gasteiger partial charge in [0.2, 0.25) is 0 Å². The molecule has 1 aromatic rings. The minimum atomic E-state index is -0.110. The highest BCUT2D eigenvalue weighted by atomic mass is 16.5. The van der Waals surface area contributed by atoms with Crippen molar-refractivity contribution in [3.05, 3.63) is 5.82 Å². The summed E-state index contributed by atoms with van der Waals surface area (Å²) in [6.45, 7) is 7.18. The van der Waals surface area contributed by atoms with E-state index in [9.17, 15) is 0 Å². The second-order valence-corrected chi connectivity index (χ2v) is 2.81. The molecule has 0 spiro atoms. The van der Waals surface area contributed by atoms with E-state index in [-0.39, 0.29) is 6.04 Å². The summed E-state index contributed by atoms with van der Waals surface area (Å²) in [6, 6.07) is 0.443. The number of hydrogen-bond donors (Lipinski definition) is 1. The first-order chi connectivity index (χ1) is 6.20. The van der Waals surface area contributed by atoms with Gasteiger partial charge in [-0.1, -0.05) is 5.10 Å². The van der Waals surface area contributed by atoms with Crippen molar-refractivity contribution in [2.24, 2.45) is 5.73 Å². The second-order valence-electron chi connectivity index (χ2n) is 2.81. The third-order valence-corrected chi connectivity index (χ3v) is 1.74. The van der Waals surface area contributed by atoms with Crippen molar-refractivity contribution in [3.8, 4) is 6.01 Å². The fraction of sp³-hybridized carbons (Fsp3) is 0.750. The van der Waals surface area contributed by atoms with Crippen molar-refractivity contribution in [3.63, 3.8) is 0 Å². The van der Waals surface area contributed by atoms with Gasteiger partial charge in [0.25, 0.3) is 0 Å². The Hall–Kier alpha value is -1.10. The average molecular weight is 184 g/mol. The Bertz CT molecular complexity index is 269. The molecule has 0 radical (unpaired) electrons. The van der Waals surface area contributed by atoms with Gasteiger partial charge in [-0.05, 0) is 20.8 Å². The van der Waals surface area contributed by atoms with Gasteiger partial charge in [0.05, 0.1) is 12.6 Å². The van der Waals surface area contributed by atoms with Crippen molar-refractivity contribution >= 4 is 0 Å². The van der Waals surface area contributed by atoms with Crippen molar-refractivity contribution in [1.29, 1.82) is 0 Å². The highest BCUT2D eigenvalue weighted by Gasteiger charge is 2.13. The van der Waals surface area contributed by atoms with E-state index in [2.05, 4.69) is 10.2 Å². The Labute approximate surface area is 77.9 Å². The summed E-state index contributed by atoms with van der Waals surface area (Å²) >= 11 is 0. The molecule has 1 aromatic heterocycles. The molecular formula is C8H16N4O. The normalized spacial score (nSPS) is 12.9. The molecule has 0 bridgehead atoms. The SMILES string of the molecule is CCOc1nnc([C@@H](C)N)n1CC. The Morgan fingerprint density at radius 3 is 2.62 bits per heavy atom. The number of aromatic nitrogens is 3. The summed E-state index contributed by atoms with van der Waals surface area (Å²) in [4.78, 5) is 0. The van der Waals surface area contributed by atoms with E-state index in [1.165, 1.54) is 0 Å². The maximum absolute atomic E-state index is 5.72. The standard InChI is InChI=1S/C8H16N4O/c1-4-12-7(6(3)9)10-11-8(12)13-5-2/h6H,4-5,9H2,1-3H3/t6-/m1/s1. The van der Waals surface area contributed by atoms with Gasteiger partial charge in [0, 0.05) is 6.54 Å². The molecule has 2 N–H and O–H groups in total. The molecule has 1 atom stereocenters. The van der Waals surface area contributed by atoms with Crippen LogP contribution in [0.3, 0.4) is 0 Å². The van der Waals surface area contributed by atoms with E-state index in [4.69, 9.17) is 10.5 Å². The van der Waals surface area contributed by atoms with Crippen LogP contribution < -0.4 is 10.5 Å². The van der Waals surface area contributed by atoms with Crippen LogP contribution in [0.5, 0.6) is 6.01 Å². The molecule has 0 saturated carbocycles. The number of hydrogen-bond acceptors (Lipinski definition) is 4. The molecular weight excluding hydrogens is 168 g/mol. The molecule has 5 nitrogen and oxygen atoms in total. The van der Waals surface area contributed by atoms with Gasteiger partial charge in [0.1, 0.15) is 0 Å². The van der Waals surface area contributed by atoms with Crippen LogP contribution in [0.1, 0.15) is 32.6 Å². The smallest absolute Gasteiger partial charge is 0.316 e. The van der Waals surface area contributed by atoms with Gasteiger partial charge < -0.3 is 10.5 Å². The molecule has 0 aliphatic rings. The maximum Gasteiger partial charge on any atom is 0.316 e. The molecule has 0 aliphatic carbocycles. The molecule has 0 aromatic carbocycles. The summed E-state index contributed by atoms with van der Waals surface area (Å²) in [6.07, 6.45) is 0. The molecule has 0 saturated heterocycles. The van der Waals surface area contributed by atoms with E-state index in [1.807, 2.05) is 25.3 Å². The molecule has 74 valence electrons. The van der Waals surface area contributed by atoms with Crippen LogP contribution >= 0.6 is 0 Å². The van der Waals surface area contributed by atoms with Gasteiger partial charge in [-0.15, -0.1) is 5.10 Å². The van der Waals surface area contributed by atoms with Gasteiger partial charge >= 0.3 is 6.01 Å².